The van der Waals surface area contributed by atoms with Crippen LogP contribution in [0, 0.1) is 0 Å². The molecule has 0 bridgehead atoms. The van der Waals surface area contributed by atoms with Gasteiger partial charge in [-0.05, 0) is 24.5 Å². The van der Waals surface area contributed by atoms with Crippen molar-refractivity contribution in [3.8, 4) is 0 Å². The fourth-order valence-electron chi connectivity index (χ4n) is 4.37. The molecule has 4 rings (SSSR count). The van der Waals surface area contributed by atoms with Crippen molar-refractivity contribution < 1.29 is 14.0 Å². The monoisotopic (exact) mass is 404 g/mol. The predicted molar refractivity (Wildman–Crippen MR) is 117 cm³/mol. The van der Waals surface area contributed by atoms with Crippen molar-refractivity contribution in [3.05, 3.63) is 71.5 Å². The van der Waals surface area contributed by atoms with Gasteiger partial charge in [0.2, 0.25) is 11.8 Å². The summed E-state index contributed by atoms with van der Waals surface area (Å²) >= 11 is 0. The highest BCUT2D eigenvalue weighted by Crippen LogP contribution is 2.28. The third-order valence-corrected chi connectivity index (χ3v) is 5.93. The number of likely N-dealkylation sites (N-methyl/N-ethyl adjacent to an activating group) is 1. The number of benzene rings is 2. The van der Waals surface area contributed by atoms with E-state index in [4.69, 9.17) is 4.42 Å². The van der Waals surface area contributed by atoms with Gasteiger partial charge in [-0.1, -0.05) is 55.5 Å². The number of likely N-dealkylation sites (tertiary alicyclic amines) is 1. The van der Waals surface area contributed by atoms with Crippen molar-refractivity contribution in [1.82, 2.24) is 9.80 Å². The number of rotatable bonds is 6. The van der Waals surface area contributed by atoms with E-state index in [1.165, 1.54) is 0 Å². The zero-order valence-electron chi connectivity index (χ0n) is 17.6. The van der Waals surface area contributed by atoms with E-state index in [9.17, 15) is 9.59 Å². The van der Waals surface area contributed by atoms with E-state index in [0.29, 0.717) is 19.5 Å². The van der Waals surface area contributed by atoms with Crippen LogP contribution in [0.15, 0.2) is 59.0 Å². The van der Waals surface area contributed by atoms with E-state index < -0.39 is 0 Å². The van der Waals surface area contributed by atoms with Crippen LogP contribution in [0.4, 0.5) is 0 Å². The van der Waals surface area contributed by atoms with Crippen molar-refractivity contribution in [1.29, 1.82) is 0 Å². The Morgan fingerprint density at radius 1 is 1.10 bits per heavy atom. The van der Waals surface area contributed by atoms with Crippen LogP contribution < -0.4 is 0 Å². The second-order valence-corrected chi connectivity index (χ2v) is 7.96. The number of para-hydroxylation sites is 1. The van der Waals surface area contributed by atoms with Crippen LogP contribution in [-0.2, 0) is 29.0 Å². The molecule has 1 saturated heterocycles. The standard InChI is InChI=1S/C25H28N2O3/c1-3-22-20(19-12-7-8-14-23(19)30-22)17-26(2)25(29)21-13-9-15-27(21)24(28)16-18-10-5-4-6-11-18/h4-8,10-12,14,21H,3,9,13,15-17H2,1-2H3. The van der Waals surface area contributed by atoms with Gasteiger partial charge in [-0.15, -0.1) is 0 Å². The van der Waals surface area contributed by atoms with Crippen LogP contribution >= 0.6 is 0 Å². The summed E-state index contributed by atoms with van der Waals surface area (Å²) in [5.41, 5.74) is 2.89. The number of aryl methyl sites for hydroxylation is 1. The second-order valence-electron chi connectivity index (χ2n) is 7.96. The Bertz CT molecular complexity index is 1040. The Morgan fingerprint density at radius 3 is 2.60 bits per heavy atom. The zero-order valence-corrected chi connectivity index (χ0v) is 17.6. The molecular weight excluding hydrogens is 376 g/mol. The van der Waals surface area contributed by atoms with Crippen molar-refractivity contribution in [2.75, 3.05) is 13.6 Å². The summed E-state index contributed by atoms with van der Waals surface area (Å²) in [6.07, 6.45) is 2.69. The smallest absolute Gasteiger partial charge is 0.245 e. The lowest BCUT2D eigenvalue weighted by Gasteiger charge is -2.28. The molecule has 2 heterocycles. The molecule has 30 heavy (non-hydrogen) atoms. The molecule has 1 atom stereocenters. The minimum Gasteiger partial charge on any atom is -0.461 e. The van der Waals surface area contributed by atoms with Gasteiger partial charge in [0.15, 0.2) is 0 Å². The lowest BCUT2D eigenvalue weighted by Crippen LogP contribution is -2.46. The van der Waals surface area contributed by atoms with Crippen molar-refractivity contribution in [2.24, 2.45) is 0 Å². The summed E-state index contributed by atoms with van der Waals surface area (Å²) in [4.78, 5) is 29.7. The Kier molecular flexibility index (Phi) is 5.88. The van der Waals surface area contributed by atoms with Gasteiger partial charge in [-0.25, -0.2) is 0 Å². The van der Waals surface area contributed by atoms with Gasteiger partial charge in [0.05, 0.1) is 6.42 Å². The van der Waals surface area contributed by atoms with Gasteiger partial charge in [-0.2, -0.15) is 0 Å². The Labute approximate surface area is 177 Å². The maximum absolute atomic E-state index is 13.3. The quantitative estimate of drug-likeness (QED) is 0.619. The molecule has 156 valence electrons. The van der Waals surface area contributed by atoms with Gasteiger partial charge in [0.1, 0.15) is 17.4 Å². The third-order valence-electron chi connectivity index (χ3n) is 5.93. The Hall–Kier alpha value is -3.08. The molecule has 3 aromatic rings. The molecule has 2 amide bonds. The summed E-state index contributed by atoms with van der Waals surface area (Å²) in [7, 11) is 1.82. The number of hydrogen-bond donors (Lipinski definition) is 0. The first-order chi connectivity index (χ1) is 14.6. The number of hydrogen-bond acceptors (Lipinski definition) is 3. The summed E-state index contributed by atoms with van der Waals surface area (Å²) in [6.45, 7) is 3.19. The van der Waals surface area contributed by atoms with Gasteiger partial charge < -0.3 is 14.2 Å². The molecule has 0 spiro atoms. The number of carbonyl (C=O) groups excluding carboxylic acids is 2. The number of furan rings is 1. The fourth-order valence-corrected chi connectivity index (χ4v) is 4.37. The second kappa shape index (κ2) is 8.74. The van der Waals surface area contributed by atoms with Crippen molar-refractivity contribution >= 4 is 22.8 Å². The summed E-state index contributed by atoms with van der Waals surface area (Å²) in [6, 6.07) is 17.3. The normalized spacial score (nSPS) is 16.2. The van der Waals surface area contributed by atoms with E-state index in [1.807, 2.05) is 61.6 Å². The number of nitrogens with zero attached hydrogens (tertiary/aromatic N) is 2. The van der Waals surface area contributed by atoms with E-state index in [2.05, 4.69) is 6.92 Å². The minimum atomic E-state index is -0.380. The van der Waals surface area contributed by atoms with Crippen LogP contribution in [-0.4, -0.2) is 41.2 Å². The molecule has 1 aromatic heterocycles. The molecule has 1 unspecified atom stereocenters. The lowest BCUT2D eigenvalue weighted by atomic mass is 10.1. The molecule has 5 heteroatoms. The van der Waals surface area contributed by atoms with Gasteiger partial charge >= 0.3 is 0 Å². The molecule has 0 saturated carbocycles. The first-order valence-corrected chi connectivity index (χ1v) is 10.7. The van der Waals surface area contributed by atoms with Gasteiger partial charge in [-0.3, -0.25) is 9.59 Å². The van der Waals surface area contributed by atoms with Gasteiger partial charge in [0, 0.05) is 37.5 Å². The Morgan fingerprint density at radius 2 is 1.83 bits per heavy atom. The van der Waals surface area contributed by atoms with Crippen LogP contribution in [0.5, 0.6) is 0 Å². The Balaban J connectivity index is 1.49. The zero-order chi connectivity index (χ0) is 21.1. The highest BCUT2D eigenvalue weighted by molar-refractivity contribution is 5.89. The van der Waals surface area contributed by atoms with Crippen LogP contribution in [0.2, 0.25) is 0 Å². The number of fused-ring (bicyclic) bond motifs is 1. The fraction of sp³-hybridized carbons (Fsp3) is 0.360. The SMILES string of the molecule is CCc1oc2ccccc2c1CN(C)C(=O)C1CCCN1C(=O)Cc1ccccc1. The first kappa shape index (κ1) is 20.2. The van der Waals surface area contributed by atoms with E-state index in [-0.39, 0.29) is 17.9 Å². The molecule has 0 aliphatic carbocycles. The molecule has 5 nitrogen and oxygen atoms in total. The predicted octanol–water partition coefficient (Wildman–Crippen LogP) is 4.19. The average molecular weight is 405 g/mol. The molecular formula is C25H28N2O3. The maximum atomic E-state index is 13.3. The van der Waals surface area contributed by atoms with Crippen molar-refractivity contribution in [3.63, 3.8) is 0 Å². The number of amides is 2. The minimum absolute atomic E-state index is 0.00115. The largest absolute Gasteiger partial charge is 0.461 e. The highest BCUT2D eigenvalue weighted by Gasteiger charge is 2.35. The summed E-state index contributed by atoms with van der Waals surface area (Å²) in [5, 5.41) is 1.05. The highest BCUT2D eigenvalue weighted by atomic mass is 16.3. The molecule has 1 fully saturated rings. The average Bonchev–Trinajstić information content (AvgIpc) is 3.39. The topological polar surface area (TPSA) is 53.8 Å². The van der Waals surface area contributed by atoms with Crippen molar-refractivity contribution in [2.45, 2.75) is 45.2 Å². The molecule has 1 aliphatic heterocycles. The third kappa shape index (κ3) is 3.97. The summed E-state index contributed by atoms with van der Waals surface area (Å²) in [5.74, 6) is 0.939. The molecule has 2 aromatic carbocycles. The van der Waals surface area contributed by atoms with Crippen LogP contribution in [0.1, 0.15) is 36.7 Å². The molecule has 0 N–H and O–H groups in total. The van der Waals surface area contributed by atoms with Crippen LogP contribution in [0.25, 0.3) is 11.0 Å². The van der Waals surface area contributed by atoms with Crippen LogP contribution in [0.3, 0.4) is 0 Å². The van der Waals surface area contributed by atoms with Gasteiger partial charge in [0.25, 0.3) is 0 Å². The number of carbonyl (C=O) groups is 2. The molecule has 1 aliphatic rings. The molecule has 0 radical (unpaired) electrons. The van der Waals surface area contributed by atoms with E-state index in [0.717, 1.165) is 47.1 Å². The summed E-state index contributed by atoms with van der Waals surface area (Å²) < 4.78 is 5.98. The van der Waals surface area contributed by atoms with E-state index in [1.54, 1.807) is 9.80 Å². The van der Waals surface area contributed by atoms with E-state index >= 15 is 0 Å². The maximum Gasteiger partial charge on any atom is 0.245 e. The lowest BCUT2D eigenvalue weighted by molar-refractivity contribution is -0.143. The first-order valence-electron chi connectivity index (χ1n) is 10.7.